The fourth-order valence-corrected chi connectivity index (χ4v) is 2.05. The molecule has 3 N–H and O–H groups in total. The third-order valence-electron chi connectivity index (χ3n) is 3.15. The van der Waals surface area contributed by atoms with Gasteiger partial charge in [0.2, 0.25) is 0 Å². The standard InChI is InChI=1S/C16H15F3N2O3/c1-24-11-6-9(17)5-10(7-11)21-16(23)20-8-14(22)15-12(18)3-2-4-13(15)19/h2-7,14,22H,8H2,1H3,(H2,20,21,23). The molecule has 0 radical (unpaired) electrons. The summed E-state index contributed by atoms with van der Waals surface area (Å²) in [4.78, 5) is 11.7. The predicted octanol–water partition coefficient (Wildman–Crippen LogP) is 2.97. The molecule has 0 bridgehead atoms. The highest BCUT2D eigenvalue weighted by molar-refractivity contribution is 5.89. The van der Waals surface area contributed by atoms with Gasteiger partial charge in [-0.05, 0) is 18.2 Å². The lowest BCUT2D eigenvalue weighted by Crippen LogP contribution is -2.32. The van der Waals surface area contributed by atoms with Crippen molar-refractivity contribution in [2.24, 2.45) is 0 Å². The highest BCUT2D eigenvalue weighted by Crippen LogP contribution is 2.21. The molecular formula is C16H15F3N2O3. The SMILES string of the molecule is COc1cc(F)cc(NC(=O)NCC(O)c2c(F)cccc2F)c1. The van der Waals surface area contributed by atoms with E-state index in [-0.39, 0.29) is 11.4 Å². The van der Waals surface area contributed by atoms with Crippen LogP contribution >= 0.6 is 0 Å². The van der Waals surface area contributed by atoms with Crippen molar-refractivity contribution in [1.82, 2.24) is 5.32 Å². The molecule has 0 spiro atoms. The van der Waals surface area contributed by atoms with Crippen molar-refractivity contribution >= 4 is 11.7 Å². The van der Waals surface area contributed by atoms with Crippen molar-refractivity contribution in [3.05, 3.63) is 59.4 Å². The molecule has 0 heterocycles. The van der Waals surface area contributed by atoms with Crippen LogP contribution in [0.1, 0.15) is 11.7 Å². The van der Waals surface area contributed by atoms with E-state index in [0.717, 1.165) is 24.3 Å². The summed E-state index contributed by atoms with van der Waals surface area (Å²) in [6.45, 7) is -0.434. The predicted molar refractivity (Wildman–Crippen MR) is 81.3 cm³/mol. The average Bonchev–Trinajstić information content (AvgIpc) is 2.52. The number of hydrogen-bond donors (Lipinski definition) is 3. The Morgan fingerprint density at radius 3 is 2.50 bits per heavy atom. The van der Waals surface area contributed by atoms with E-state index in [2.05, 4.69) is 10.6 Å². The maximum Gasteiger partial charge on any atom is 0.319 e. The van der Waals surface area contributed by atoms with Gasteiger partial charge in [0.15, 0.2) is 0 Å². The Morgan fingerprint density at radius 1 is 1.21 bits per heavy atom. The number of amides is 2. The van der Waals surface area contributed by atoms with Gasteiger partial charge in [0, 0.05) is 24.4 Å². The minimum atomic E-state index is -1.57. The molecule has 0 saturated carbocycles. The zero-order chi connectivity index (χ0) is 17.7. The molecule has 1 atom stereocenters. The highest BCUT2D eigenvalue weighted by atomic mass is 19.1. The summed E-state index contributed by atoms with van der Waals surface area (Å²) in [5.74, 6) is -2.24. The number of carbonyl (C=O) groups is 1. The second kappa shape index (κ2) is 7.69. The number of carbonyl (C=O) groups excluding carboxylic acids is 1. The Hall–Kier alpha value is -2.74. The Morgan fingerprint density at radius 2 is 1.88 bits per heavy atom. The van der Waals surface area contributed by atoms with E-state index in [1.54, 1.807) is 0 Å². The number of halogens is 3. The van der Waals surface area contributed by atoms with Gasteiger partial charge < -0.3 is 20.5 Å². The first-order valence-corrected chi connectivity index (χ1v) is 6.92. The summed E-state index contributed by atoms with van der Waals surface area (Å²) in [7, 11) is 1.35. The molecule has 1 unspecified atom stereocenters. The fraction of sp³-hybridized carbons (Fsp3) is 0.188. The first kappa shape index (κ1) is 17.6. The molecule has 128 valence electrons. The highest BCUT2D eigenvalue weighted by Gasteiger charge is 2.18. The number of urea groups is 1. The molecule has 5 nitrogen and oxygen atoms in total. The third-order valence-corrected chi connectivity index (χ3v) is 3.15. The molecule has 0 aromatic heterocycles. The van der Waals surface area contributed by atoms with Gasteiger partial charge >= 0.3 is 6.03 Å². The van der Waals surface area contributed by atoms with Crippen LogP contribution in [0.25, 0.3) is 0 Å². The fourth-order valence-electron chi connectivity index (χ4n) is 2.05. The molecule has 0 aliphatic rings. The topological polar surface area (TPSA) is 70.6 Å². The van der Waals surface area contributed by atoms with Gasteiger partial charge in [-0.15, -0.1) is 0 Å². The van der Waals surface area contributed by atoms with E-state index in [1.165, 1.54) is 19.2 Å². The van der Waals surface area contributed by atoms with Gasteiger partial charge in [0.25, 0.3) is 0 Å². The molecule has 2 rings (SSSR count). The molecule has 8 heteroatoms. The zero-order valence-electron chi connectivity index (χ0n) is 12.6. The number of ether oxygens (including phenoxy) is 1. The minimum Gasteiger partial charge on any atom is -0.497 e. The van der Waals surface area contributed by atoms with Crippen LogP contribution < -0.4 is 15.4 Å². The van der Waals surface area contributed by atoms with Crippen LogP contribution in [0.2, 0.25) is 0 Å². The van der Waals surface area contributed by atoms with Crippen molar-refractivity contribution in [3.8, 4) is 5.75 Å². The monoisotopic (exact) mass is 340 g/mol. The smallest absolute Gasteiger partial charge is 0.319 e. The number of aliphatic hydroxyl groups excluding tert-OH is 1. The van der Waals surface area contributed by atoms with Crippen molar-refractivity contribution in [1.29, 1.82) is 0 Å². The second-order valence-electron chi connectivity index (χ2n) is 4.87. The minimum absolute atomic E-state index is 0.121. The van der Waals surface area contributed by atoms with Crippen molar-refractivity contribution in [2.75, 3.05) is 19.0 Å². The summed E-state index contributed by atoms with van der Waals surface area (Å²) in [5.41, 5.74) is -0.416. The van der Waals surface area contributed by atoms with Crippen LogP contribution in [0.3, 0.4) is 0 Å². The molecule has 0 aliphatic heterocycles. The second-order valence-corrected chi connectivity index (χ2v) is 4.87. The Kier molecular flexibility index (Phi) is 5.64. The van der Waals surface area contributed by atoms with Crippen LogP contribution in [-0.4, -0.2) is 24.8 Å². The van der Waals surface area contributed by atoms with E-state index in [1.807, 2.05) is 0 Å². The molecule has 2 aromatic rings. The Bertz CT molecular complexity index is 720. The van der Waals surface area contributed by atoms with Crippen molar-refractivity contribution in [3.63, 3.8) is 0 Å². The lowest BCUT2D eigenvalue weighted by Gasteiger charge is -2.14. The van der Waals surface area contributed by atoms with E-state index in [0.29, 0.717) is 0 Å². The Labute approximate surface area is 136 Å². The summed E-state index contributed by atoms with van der Waals surface area (Å²) in [6.07, 6.45) is -1.57. The van der Waals surface area contributed by atoms with E-state index in [4.69, 9.17) is 4.74 Å². The van der Waals surface area contributed by atoms with Gasteiger partial charge in [-0.3, -0.25) is 0 Å². The van der Waals surface area contributed by atoms with Crippen molar-refractivity contribution < 1.29 is 27.8 Å². The lowest BCUT2D eigenvalue weighted by molar-refractivity contribution is 0.166. The van der Waals surface area contributed by atoms with E-state index in [9.17, 15) is 23.1 Å². The normalized spacial score (nSPS) is 11.7. The zero-order valence-corrected chi connectivity index (χ0v) is 12.6. The number of benzene rings is 2. The number of anilines is 1. The van der Waals surface area contributed by atoms with Gasteiger partial charge in [-0.25, -0.2) is 18.0 Å². The largest absolute Gasteiger partial charge is 0.497 e. The molecule has 2 amide bonds. The van der Waals surface area contributed by atoms with E-state index < -0.39 is 41.7 Å². The summed E-state index contributed by atoms with van der Waals surface area (Å²) < 4.78 is 45.2. The molecule has 2 aromatic carbocycles. The van der Waals surface area contributed by atoms with Gasteiger partial charge in [-0.1, -0.05) is 6.07 Å². The summed E-state index contributed by atoms with van der Waals surface area (Å²) in [6, 6.07) is 5.97. The van der Waals surface area contributed by atoms with Crippen LogP contribution in [-0.2, 0) is 0 Å². The molecule has 0 saturated heterocycles. The van der Waals surface area contributed by atoms with Crippen LogP contribution in [0.15, 0.2) is 36.4 Å². The van der Waals surface area contributed by atoms with Gasteiger partial charge in [0.05, 0.1) is 12.7 Å². The molecule has 0 fully saturated rings. The lowest BCUT2D eigenvalue weighted by atomic mass is 10.1. The summed E-state index contributed by atoms with van der Waals surface area (Å²) in [5, 5.41) is 14.4. The maximum atomic E-state index is 13.5. The van der Waals surface area contributed by atoms with Crippen LogP contribution in [0.4, 0.5) is 23.7 Å². The number of aliphatic hydroxyl groups is 1. The third kappa shape index (κ3) is 4.39. The quantitative estimate of drug-likeness (QED) is 0.784. The number of hydrogen-bond acceptors (Lipinski definition) is 3. The van der Waals surface area contributed by atoms with Gasteiger partial charge in [-0.2, -0.15) is 0 Å². The number of rotatable bonds is 5. The average molecular weight is 340 g/mol. The number of nitrogens with one attached hydrogen (secondary N) is 2. The maximum absolute atomic E-state index is 13.5. The molecule has 0 aliphatic carbocycles. The number of methoxy groups -OCH3 is 1. The van der Waals surface area contributed by atoms with Gasteiger partial charge in [0.1, 0.15) is 29.3 Å². The first-order valence-electron chi connectivity index (χ1n) is 6.92. The van der Waals surface area contributed by atoms with Crippen LogP contribution in [0, 0.1) is 17.5 Å². The van der Waals surface area contributed by atoms with E-state index >= 15 is 0 Å². The van der Waals surface area contributed by atoms with Crippen LogP contribution in [0.5, 0.6) is 5.75 Å². The summed E-state index contributed by atoms with van der Waals surface area (Å²) >= 11 is 0. The Balaban J connectivity index is 1.97. The molecule has 24 heavy (non-hydrogen) atoms. The molecular weight excluding hydrogens is 325 g/mol. The van der Waals surface area contributed by atoms with Crippen molar-refractivity contribution in [2.45, 2.75) is 6.10 Å². The first-order chi connectivity index (χ1) is 11.4.